The second kappa shape index (κ2) is 3.04. The Morgan fingerprint density at radius 2 is 1.80 bits per heavy atom. The largest absolute Gasteiger partial charge is 0.456 e. The summed E-state index contributed by atoms with van der Waals surface area (Å²) in [5.74, 6) is 0. The summed E-state index contributed by atoms with van der Waals surface area (Å²) in [5.41, 5.74) is 2.82. The zero-order chi connectivity index (χ0) is 10.4. The Morgan fingerprint density at radius 3 is 2.67 bits per heavy atom. The third kappa shape index (κ3) is 1.18. The van der Waals surface area contributed by atoms with Crippen LogP contribution in [0.25, 0.3) is 21.9 Å². The van der Waals surface area contributed by atoms with Crippen molar-refractivity contribution in [1.29, 1.82) is 0 Å². The van der Waals surface area contributed by atoms with Crippen LogP contribution in [0.15, 0.2) is 40.8 Å². The van der Waals surface area contributed by atoms with Crippen molar-refractivity contribution in [3.8, 4) is 0 Å². The van der Waals surface area contributed by atoms with Crippen LogP contribution >= 0.6 is 11.6 Å². The van der Waals surface area contributed by atoms with Crippen molar-refractivity contribution in [3.05, 3.63) is 41.4 Å². The highest BCUT2D eigenvalue weighted by Crippen LogP contribution is 2.32. The molecule has 0 amide bonds. The maximum atomic E-state index is 6.29. The van der Waals surface area contributed by atoms with Gasteiger partial charge in [-0.25, -0.2) is 0 Å². The molecule has 0 fully saturated rings. The van der Waals surface area contributed by atoms with Gasteiger partial charge in [-0.1, -0.05) is 41.3 Å². The van der Waals surface area contributed by atoms with Crippen LogP contribution in [0.1, 0.15) is 0 Å². The van der Waals surface area contributed by atoms with E-state index in [2.05, 4.69) is 0 Å². The fraction of sp³-hybridized carbons (Fsp3) is 0. The molecule has 2 aromatic carbocycles. The van der Waals surface area contributed by atoms with Crippen LogP contribution < -0.4 is 5.46 Å². The van der Waals surface area contributed by atoms with Crippen LogP contribution in [0.5, 0.6) is 0 Å². The molecule has 0 aliphatic rings. The summed E-state index contributed by atoms with van der Waals surface area (Å²) < 4.78 is 5.70. The number of halogens is 1. The second-order valence-electron chi connectivity index (χ2n) is 3.67. The first kappa shape index (κ1) is 8.87. The summed E-state index contributed by atoms with van der Waals surface area (Å²) in [5, 5.41) is 2.89. The molecule has 3 rings (SSSR count). The van der Waals surface area contributed by atoms with Crippen LogP contribution in [0.4, 0.5) is 0 Å². The Balaban J connectivity index is 2.63. The van der Waals surface area contributed by atoms with E-state index in [1.54, 1.807) is 0 Å². The van der Waals surface area contributed by atoms with Crippen molar-refractivity contribution in [3.63, 3.8) is 0 Å². The maximum absolute atomic E-state index is 6.29. The lowest BCUT2D eigenvalue weighted by Gasteiger charge is -1.97. The third-order valence-corrected chi connectivity index (χ3v) is 3.16. The summed E-state index contributed by atoms with van der Waals surface area (Å²) in [6, 6.07) is 11.9. The average molecular weight is 214 g/mol. The van der Waals surface area contributed by atoms with E-state index in [0.717, 1.165) is 32.4 Å². The van der Waals surface area contributed by atoms with Crippen LogP contribution in [0.2, 0.25) is 5.02 Å². The third-order valence-electron chi connectivity index (χ3n) is 2.67. The van der Waals surface area contributed by atoms with Gasteiger partial charge in [0.1, 0.15) is 19.0 Å². The van der Waals surface area contributed by atoms with E-state index >= 15 is 0 Å². The van der Waals surface area contributed by atoms with E-state index in [1.807, 2.05) is 44.2 Å². The summed E-state index contributed by atoms with van der Waals surface area (Å²) in [6.07, 6.45) is 0. The molecular weight excluding hydrogens is 206 g/mol. The SMILES string of the molecule is Bc1ccc2oc3ccccc3c2c1Cl. The first-order valence-electron chi connectivity index (χ1n) is 4.84. The Bertz CT molecular complexity index is 657. The van der Waals surface area contributed by atoms with E-state index < -0.39 is 0 Å². The van der Waals surface area contributed by atoms with Gasteiger partial charge in [-0.05, 0) is 12.1 Å². The Kier molecular flexibility index (Phi) is 1.80. The van der Waals surface area contributed by atoms with Gasteiger partial charge in [0.05, 0.1) is 0 Å². The molecule has 72 valence electrons. The lowest BCUT2D eigenvalue weighted by molar-refractivity contribution is 0.669. The van der Waals surface area contributed by atoms with Gasteiger partial charge in [-0.2, -0.15) is 0 Å². The van der Waals surface area contributed by atoms with Crippen molar-refractivity contribution in [2.75, 3.05) is 0 Å². The van der Waals surface area contributed by atoms with Crippen molar-refractivity contribution >= 4 is 46.8 Å². The van der Waals surface area contributed by atoms with Crippen LogP contribution in [0.3, 0.4) is 0 Å². The van der Waals surface area contributed by atoms with Crippen LogP contribution in [-0.4, -0.2) is 7.85 Å². The molecule has 0 spiro atoms. The fourth-order valence-electron chi connectivity index (χ4n) is 1.88. The summed E-state index contributed by atoms with van der Waals surface area (Å²) in [4.78, 5) is 0. The highest BCUT2D eigenvalue weighted by molar-refractivity contribution is 6.49. The molecule has 0 radical (unpaired) electrons. The zero-order valence-electron chi connectivity index (χ0n) is 8.25. The summed E-state index contributed by atoms with van der Waals surface area (Å²) >= 11 is 6.29. The van der Waals surface area contributed by atoms with E-state index in [4.69, 9.17) is 16.0 Å². The van der Waals surface area contributed by atoms with Gasteiger partial charge in [-0.15, -0.1) is 0 Å². The molecule has 0 aliphatic heterocycles. The number of benzene rings is 2. The van der Waals surface area contributed by atoms with Gasteiger partial charge >= 0.3 is 0 Å². The molecule has 0 bridgehead atoms. The number of rotatable bonds is 0. The molecule has 15 heavy (non-hydrogen) atoms. The highest BCUT2D eigenvalue weighted by atomic mass is 35.5. The molecule has 0 atom stereocenters. The number of hydrogen-bond acceptors (Lipinski definition) is 1. The minimum absolute atomic E-state index is 0.789. The smallest absolute Gasteiger partial charge is 0.141 e. The summed E-state index contributed by atoms with van der Waals surface area (Å²) in [6.45, 7) is 0. The molecule has 3 heteroatoms. The molecule has 0 saturated carbocycles. The predicted molar refractivity (Wildman–Crippen MR) is 66.9 cm³/mol. The number of hydrogen-bond donors (Lipinski definition) is 0. The maximum Gasteiger partial charge on any atom is 0.141 e. The van der Waals surface area contributed by atoms with Crippen molar-refractivity contribution in [1.82, 2.24) is 0 Å². The molecule has 0 unspecified atom stereocenters. The number of para-hydroxylation sites is 1. The minimum Gasteiger partial charge on any atom is -0.456 e. The lowest BCUT2D eigenvalue weighted by Crippen LogP contribution is -2.02. The first-order valence-corrected chi connectivity index (χ1v) is 5.21. The monoisotopic (exact) mass is 214 g/mol. The number of fused-ring (bicyclic) bond motifs is 3. The Hall–Kier alpha value is -1.41. The molecule has 1 nitrogen and oxygen atoms in total. The second-order valence-corrected chi connectivity index (χ2v) is 4.05. The van der Waals surface area contributed by atoms with Gasteiger partial charge < -0.3 is 4.42 Å². The molecule has 0 saturated heterocycles. The van der Waals surface area contributed by atoms with Gasteiger partial charge in [-0.3, -0.25) is 0 Å². The first-order chi connectivity index (χ1) is 7.27. The zero-order valence-corrected chi connectivity index (χ0v) is 9.01. The topological polar surface area (TPSA) is 13.1 Å². The van der Waals surface area contributed by atoms with E-state index in [-0.39, 0.29) is 0 Å². The van der Waals surface area contributed by atoms with E-state index in [9.17, 15) is 0 Å². The fourth-order valence-corrected chi connectivity index (χ4v) is 2.14. The van der Waals surface area contributed by atoms with Crippen LogP contribution in [0, 0.1) is 0 Å². The van der Waals surface area contributed by atoms with Crippen molar-refractivity contribution in [2.45, 2.75) is 0 Å². The summed E-state index contributed by atoms with van der Waals surface area (Å²) in [7, 11) is 2.00. The van der Waals surface area contributed by atoms with E-state index in [0.29, 0.717) is 0 Å². The quantitative estimate of drug-likeness (QED) is 0.524. The Morgan fingerprint density at radius 1 is 1.00 bits per heavy atom. The average Bonchev–Trinajstić information content (AvgIpc) is 2.62. The molecule has 1 heterocycles. The molecule has 1 aromatic heterocycles. The standard InChI is InChI=1S/C12H8BClO/c13-8-5-6-10-11(12(8)14)7-3-1-2-4-9(7)15-10/h1-6H,13H2. The van der Waals surface area contributed by atoms with Gasteiger partial charge in [0, 0.05) is 15.8 Å². The molecule has 0 aliphatic carbocycles. The Labute approximate surface area is 93.0 Å². The molecule has 3 aromatic rings. The van der Waals surface area contributed by atoms with Gasteiger partial charge in [0.2, 0.25) is 0 Å². The molecular formula is C12H8BClO. The van der Waals surface area contributed by atoms with Crippen molar-refractivity contribution < 1.29 is 4.42 Å². The lowest BCUT2D eigenvalue weighted by atomic mass is 9.94. The van der Waals surface area contributed by atoms with Gasteiger partial charge in [0.25, 0.3) is 0 Å². The minimum atomic E-state index is 0.789. The van der Waals surface area contributed by atoms with E-state index in [1.165, 1.54) is 0 Å². The molecule has 0 N–H and O–H groups in total. The number of furan rings is 1. The van der Waals surface area contributed by atoms with Gasteiger partial charge in [0.15, 0.2) is 0 Å². The predicted octanol–water partition coefficient (Wildman–Crippen LogP) is 2.50. The normalized spacial score (nSPS) is 11.3. The van der Waals surface area contributed by atoms with Crippen LogP contribution in [-0.2, 0) is 0 Å². The van der Waals surface area contributed by atoms with Crippen molar-refractivity contribution in [2.24, 2.45) is 0 Å². The highest BCUT2D eigenvalue weighted by Gasteiger charge is 2.10.